The lowest BCUT2D eigenvalue weighted by Gasteiger charge is -2.05. The highest BCUT2D eigenvalue weighted by molar-refractivity contribution is 7.73. The highest BCUT2D eigenvalue weighted by atomic mass is 32.1. The summed E-state index contributed by atoms with van der Waals surface area (Å²) in [5, 5.41) is 12.3. The Morgan fingerprint density at radius 2 is 1.79 bits per heavy atom. The van der Waals surface area contributed by atoms with E-state index in [4.69, 9.17) is 12.2 Å². The van der Waals surface area contributed by atoms with Crippen molar-refractivity contribution in [1.29, 1.82) is 0 Å². The molecule has 0 bridgehead atoms. The summed E-state index contributed by atoms with van der Waals surface area (Å²) in [6.07, 6.45) is 1.77. The van der Waals surface area contributed by atoms with E-state index in [-0.39, 0.29) is 5.88 Å². The number of aromatic nitrogens is 1. The number of para-hydroxylation sites is 2. The first-order valence-electron chi connectivity index (χ1n) is 7.38. The molecule has 1 aliphatic heterocycles. The van der Waals surface area contributed by atoms with Gasteiger partial charge in [-0.25, -0.2) is 9.98 Å². The molecule has 4 rings (SSSR count). The minimum atomic E-state index is 0.115. The van der Waals surface area contributed by atoms with Crippen LogP contribution in [0.2, 0.25) is 0 Å². The molecule has 0 saturated carbocycles. The molecular formula is C18H13N3OS2. The van der Waals surface area contributed by atoms with E-state index in [2.05, 4.69) is 9.98 Å². The smallest absolute Gasteiger partial charge is 0.215 e. The van der Waals surface area contributed by atoms with Crippen molar-refractivity contribution in [1.82, 2.24) is 4.57 Å². The summed E-state index contributed by atoms with van der Waals surface area (Å²) in [4.78, 5) is 9.57. The van der Waals surface area contributed by atoms with Crippen LogP contribution in [-0.2, 0) is 0 Å². The number of fused-ring (bicyclic) bond motifs is 1. The number of benzene rings is 2. The third-order valence-electron chi connectivity index (χ3n) is 3.68. The topological polar surface area (TPSA) is 49.9 Å². The molecule has 0 saturated heterocycles. The fraction of sp³-hybridized carbons (Fsp3) is 0.0556. The SMILES string of the molecule is Cc1cccc(-n2c(O)c(C=C3N=c4ccccc4=N3)sc2=S)c1. The Morgan fingerprint density at radius 3 is 2.46 bits per heavy atom. The summed E-state index contributed by atoms with van der Waals surface area (Å²) >= 11 is 6.77. The summed E-state index contributed by atoms with van der Waals surface area (Å²) in [5.74, 6) is 0.684. The lowest BCUT2D eigenvalue weighted by atomic mass is 10.2. The van der Waals surface area contributed by atoms with Crippen LogP contribution >= 0.6 is 23.6 Å². The molecule has 6 heteroatoms. The first-order chi connectivity index (χ1) is 11.6. The minimum Gasteiger partial charge on any atom is -0.493 e. The van der Waals surface area contributed by atoms with Crippen LogP contribution in [0.3, 0.4) is 0 Å². The van der Waals surface area contributed by atoms with Crippen LogP contribution in [0.1, 0.15) is 10.4 Å². The first-order valence-corrected chi connectivity index (χ1v) is 8.60. The molecule has 1 aromatic heterocycles. The van der Waals surface area contributed by atoms with Gasteiger partial charge in [0.15, 0.2) is 9.78 Å². The van der Waals surface area contributed by atoms with Gasteiger partial charge in [-0.2, -0.15) is 0 Å². The lowest BCUT2D eigenvalue weighted by Crippen LogP contribution is -2.19. The molecule has 2 aromatic carbocycles. The number of hydrogen-bond acceptors (Lipinski definition) is 5. The highest BCUT2D eigenvalue weighted by Crippen LogP contribution is 2.32. The van der Waals surface area contributed by atoms with E-state index in [1.54, 1.807) is 10.6 Å². The van der Waals surface area contributed by atoms with Crippen molar-refractivity contribution in [2.45, 2.75) is 6.92 Å². The maximum absolute atomic E-state index is 10.6. The van der Waals surface area contributed by atoms with E-state index in [9.17, 15) is 5.11 Å². The van der Waals surface area contributed by atoms with Crippen molar-refractivity contribution in [3.8, 4) is 11.6 Å². The highest BCUT2D eigenvalue weighted by Gasteiger charge is 2.13. The number of nitrogens with zero attached hydrogens (tertiary/aromatic N) is 3. The van der Waals surface area contributed by atoms with Gasteiger partial charge in [-0.15, -0.1) is 11.3 Å². The number of aromatic hydroxyl groups is 1. The monoisotopic (exact) mass is 351 g/mol. The summed E-state index contributed by atoms with van der Waals surface area (Å²) in [5.41, 5.74) is 1.96. The normalized spacial score (nSPS) is 12.5. The Balaban J connectivity index is 1.82. The van der Waals surface area contributed by atoms with Crippen molar-refractivity contribution in [3.63, 3.8) is 0 Å². The molecule has 0 atom stereocenters. The number of hydrogen-bond donors (Lipinski definition) is 1. The standard InChI is InChI=1S/C18H13N3OS2/c1-11-5-4-6-12(9-11)21-17(22)15(24-18(21)23)10-16-19-13-7-2-3-8-14(13)20-16/h2-10,22H,1H3. The zero-order chi connectivity index (χ0) is 16.7. The molecular weight excluding hydrogens is 338 g/mol. The van der Waals surface area contributed by atoms with Gasteiger partial charge in [0.05, 0.1) is 21.3 Å². The largest absolute Gasteiger partial charge is 0.493 e. The second-order valence-corrected chi connectivity index (χ2v) is 7.12. The van der Waals surface area contributed by atoms with Crippen LogP contribution < -0.4 is 10.7 Å². The van der Waals surface area contributed by atoms with E-state index >= 15 is 0 Å². The van der Waals surface area contributed by atoms with Crippen LogP contribution in [0, 0.1) is 10.9 Å². The van der Waals surface area contributed by atoms with E-state index < -0.39 is 0 Å². The van der Waals surface area contributed by atoms with Gasteiger partial charge < -0.3 is 5.11 Å². The van der Waals surface area contributed by atoms with Crippen molar-refractivity contribution >= 4 is 29.6 Å². The molecule has 24 heavy (non-hydrogen) atoms. The zero-order valence-corrected chi connectivity index (χ0v) is 14.4. The van der Waals surface area contributed by atoms with Gasteiger partial charge in [-0.3, -0.25) is 4.57 Å². The summed E-state index contributed by atoms with van der Waals surface area (Å²) in [6.45, 7) is 2.01. The number of thiazole rings is 1. The molecule has 4 nitrogen and oxygen atoms in total. The van der Waals surface area contributed by atoms with Crippen molar-refractivity contribution in [2.75, 3.05) is 0 Å². The van der Waals surface area contributed by atoms with Gasteiger partial charge in [0.25, 0.3) is 0 Å². The average Bonchev–Trinajstić information content (AvgIpc) is 3.08. The summed E-state index contributed by atoms with van der Waals surface area (Å²) in [7, 11) is 0. The van der Waals surface area contributed by atoms with Crippen LogP contribution in [0.25, 0.3) is 11.8 Å². The lowest BCUT2D eigenvalue weighted by molar-refractivity contribution is 0.441. The molecule has 2 heterocycles. The Morgan fingerprint density at radius 1 is 1.08 bits per heavy atom. The van der Waals surface area contributed by atoms with E-state index in [1.807, 2.05) is 55.5 Å². The van der Waals surface area contributed by atoms with Gasteiger partial charge in [-0.05, 0) is 49.0 Å². The second kappa shape index (κ2) is 5.81. The Hall–Kier alpha value is -2.57. The first kappa shape index (κ1) is 15.0. The Labute approximate surface area is 147 Å². The zero-order valence-electron chi connectivity index (χ0n) is 12.8. The molecule has 1 N–H and O–H groups in total. The number of aryl methyl sites for hydroxylation is 1. The summed E-state index contributed by atoms with van der Waals surface area (Å²) < 4.78 is 2.25. The maximum Gasteiger partial charge on any atom is 0.215 e. The Bertz CT molecular complexity index is 1120. The van der Waals surface area contributed by atoms with Gasteiger partial charge in [-0.1, -0.05) is 24.3 Å². The predicted octanol–water partition coefficient (Wildman–Crippen LogP) is 3.53. The van der Waals surface area contributed by atoms with E-state index in [1.165, 1.54) is 11.3 Å². The average molecular weight is 351 g/mol. The molecule has 118 valence electrons. The molecule has 3 aromatic rings. The Kier molecular flexibility index (Phi) is 3.63. The maximum atomic E-state index is 10.6. The van der Waals surface area contributed by atoms with Crippen LogP contribution in [0.5, 0.6) is 5.88 Å². The molecule has 1 aliphatic rings. The van der Waals surface area contributed by atoms with Gasteiger partial charge in [0, 0.05) is 6.08 Å². The molecule has 0 spiro atoms. The molecule has 0 aliphatic carbocycles. The quantitative estimate of drug-likeness (QED) is 0.718. The summed E-state index contributed by atoms with van der Waals surface area (Å²) in [6, 6.07) is 15.5. The molecule has 0 fully saturated rings. The van der Waals surface area contributed by atoms with Crippen LogP contribution in [-0.4, -0.2) is 9.67 Å². The van der Waals surface area contributed by atoms with Crippen LogP contribution in [0.4, 0.5) is 0 Å². The second-order valence-electron chi connectivity index (χ2n) is 5.45. The fourth-order valence-corrected chi connectivity index (χ4v) is 3.86. The van der Waals surface area contributed by atoms with E-state index in [0.29, 0.717) is 14.7 Å². The van der Waals surface area contributed by atoms with Gasteiger partial charge >= 0.3 is 0 Å². The van der Waals surface area contributed by atoms with Crippen molar-refractivity contribution in [2.24, 2.45) is 9.98 Å². The third kappa shape index (κ3) is 2.60. The third-order valence-corrected chi connectivity index (χ3v) is 4.99. The fourth-order valence-electron chi connectivity index (χ4n) is 2.58. The molecule has 0 unspecified atom stereocenters. The van der Waals surface area contributed by atoms with Gasteiger partial charge in [0.1, 0.15) is 0 Å². The van der Waals surface area contributed by atoms with Crippen molar-refractivity contribution < 1.29 is 5.11 Å². The molecule has 0 amide bonds. The van der Waals surface area contributed by atoms with Crippen molar-refractivity contribution in [3.05, 3.63) is 79.5 Å². The molecule has 0 radical (unpaired) electrons. The minimum absolute atomic E-state index is 0.115. The van der Waals surface area contributed by atoms with Gasteiger partial charge in [0.2, 0.25) is 5.88 Å². The predicted molar refractivity (Wildman–Crippen MR) is 97.6 cm³/mol. The van der Waals surface area contributed by atoms with Crippen LogP contribution in [0.15, 0.2) is 64.3 Å². The number of rotatable bonds is 2. The van der Waals surface area contributed by atoms with E-state index in [0.717, 1.165) is 22.0 Å².